The molecule has 0 aliphatic carbocycles. The number of carbonyl (C=O) groups excluding carboxylic acids is 1. The molecule has 0 atom stereocenters. The second-order valence-electron chi connectivity index (χ2n) is 4.28. The quantitative estimate of drug-likeness (QED) is 0.747. The first-order valence-electron chi connectivity index (χ1n) is 6.38. The largest absolute Gasteiger partial charge is 0.375 e. The summed E-state index contributed by atoms with van der Waals surface area (Å²) in [5.74, 6) is -2.71. The average Bonchev–Trinajstić information content (AvgIpc) is 2.48. The van der Waals surface area contributed by atoms with Gasteiger partial charge in [0.05, 0.1) is 17.3 Å². The second-order valence-corrected chi connectivity index (χ2v) is 5.76. The van der Waals surface area contributed by atoms with Crippen molar-refractivity contribution in [1.29, 1.82) is 0 Å². The van der Waals surface area contributed by atoms with Gasteiger partial charge in [-0.2, -0.15) is 8.78 Å². The van der Waals surface area contributed by atoms with E-state index < -0.39 is 5.76 Å². The molecule has 0 fully saturated rings. The molecule has 0 unspecified atom stereocenters. The van der Waals surface area contributed by atoms with E-state index in [0.717, 1.165) is 0 Å². The molecule has 22 heavy (non-hydrogen) atoms. The number of alkyl halides is 2. The molecule has 0 aliphatic rings. The molecule has 0 aromatic heterocycles. The van der Waals surface area contributed by atoms with Crippen LogP contribution in [0.15, 0.2) is 53.4 Å². The Labute approximate surface area is 136 Å². The van der Waals surface area contributed by atoms with Crippen LogP contribution in [-0.2, 0) is 4.79 Å². The molecule has 0 saturated carbocycles. The summed E-state index contributed by atoms with van der Waals surface area (Å²) in [5, 5.41) is 6.13. The Morgan fingerprint density at radius 2 is 1.82 bits per heavy atom. The maximum absolute atomic E-state index is 12.2. The number of benzene rings is 2. The number of amides is 1. The lowest BCUT2D eigenvalue weighted by atomic mass is 10.3. The standard InChI is InChI=1S/C15H13ClF2N2OS/c16-12-3-1-2-4-13(12)19-9-14(21)20-10-5-7-11(8-6-10)22-15(17)18/h1-8,15,19H,9H2,(H,20,21). The summed E-state index contributed by atoms with van der Waals surface area (Å²) >= 11 is 6.43. The molecule has 0 radical (unpaired) electrons. The fourth-order valence-electron chi connectivity index (χ4n) is 1.70. The summed E-state index contributed by atoms with van der Waals surface area (Å²) in [6, 6.07) is 13.3. The predicted octanol–water partition coefficient (Wildman–Crippen LogP) is 4.71. The van der Waals surface area contributed by atoms with E-state index in [4.69, 9.17) is 11.6 Å². The van der Waals surface area contributed by atoms with Crippen LogP contribution in [0, 0.1) is 0 Å². The van der Waals surface area contributed by atoms with Gasteiger partial charge in [-0.15, -0.1) is 0 Å². The van der Waals surface area contributed by atoms with Gasteiger partial charge in [0.1, 0.15) is 0 Å². The lowest BCUT2D eigenvalue weighted by Gasteiger charge is -2.09. The van der Waals surface area contributed by atoms with Crippen LogP contribution in [0.3, 0.4) is 0 Å². The number of hydrogen-bond acceptors (Lipinski definition) is 3. The molecule has 2 aromatic carbocycles. The van der Waals surface area contributed by atoms with Gasteiger partial charge in [-0.1, -0.05) is 35.5 Å². The number of para-hydroxylation sites is 1. The van der Waals surface area contributed by atoms with Gasteiger partial charge in [-0.05, 0) is 36.4 Å². The van der Waals surface area contributed by atoms with E-state index in [0.29, 0.717) is 33.1 Å². The Hall–Kier alpha value is -1.79. The summed E-state index contributed by atoms with van der Waals surface area (Å²) in [4.78, 5) is 12.3. The van der Waals surface area contributed by atoms with E-state index in [1.165, 1.54) is 12.1 Å². The van der Waals surface area contributed by atoms with Gasteiger partial charge in [0, 0.05) is 10.6 Å². The Balaban J connectivity index is 1.85. The van der Waals surface area contributed by atoms with E-state index in [1.54, 1.807) is 30.3 Å². The molecule has 0 spiro atoms. The minimum Gasteiger partial charge on any atom is -0.375 e. The van der Waals surface area contributed by atoms with Crippen molar-refractivity contribution in [2.75, 3.05) is 17.2 Å². The van der Waals surface area contributed by atoms with Gasteiger partial charge in [0.25, 0.3) is 5.76 Å². The maximum Gasteiger partial charge on any atom is 0.288 e. The summed E-state index contributed by atoms with van der Waals surface area (Å²) in [7, 11) is 0. The van der Waals surface area contributed by atoms with Crippen molar-refractivity contribution < 1.29 is 13.6 Å². The summed E-state index contributed by atoms with van der Waals surface area (Å²) < 4.78 is 24.4. The van der Waals surface area contributed by atoms with Crippen molar-refractivity contribution >= 4 is 40.6 Å². The van der Waals surface area contributed by atoms with E-state index in [9.17, 15) is 13.6 Å². The van der Waals surface area contributed by atoms with Crippen LogP contribution in [0.25, 0.3) is 0 Å². The molecular formula is C15H13ClF2N2OS. The highest BCUT2D eigenvalue weighted by Crippen LogP contribution is 2.26. The Morgan fingerprint density at radius 1 is 1.14 bits per heavy atom. The molecule has 2 aromatic rings. The van der Waals surface area contributed by atoms with Crippen LogP contribution in [0.1, 0.15) is 0 Å². The minimum absolute atomic E-state index is 0.0528. The molecule has 0 saturated heterocycles. The van der Waals surface area contributed by atoms with Crippen molar-refractivity contribution in [3.63, 3.8) is 0 Å². The molecule has 0 heterocycles. The number of rotatable bonds is 6. The third-order valence-electron chi connectivity index (χ3n) is 2.68. The average molecular weight is 343 g/mol. The van der Waals surface area contributed by atoms with Gasteiger partial charge in [0.2, 0.25) is 5.91 Å². The molecule has 7 heteroatoms. The third-order valence-corrected chi connectivity index (χ3v) is 3.73. The zero-order chi connectivity index (χ0) is 15.9. The second kappa shape index (κ2) is 8.00. The first kappa shape index (κ1) is 16.6. The number of carbonyl (C=O) groups is 1. The Morgan fingerprint density at radius 3 is 2.45 bits per heavy atom. The first-order chi connectivity index (χ1) is 10.5. The van der Waals surface area contributed by atoms with Crippen LogP contribution < -0.4 is 10.6 Å². The first-order valence-corrected chi connectivity index (χ1v) is 7.63. The molecule has 2 N–H and O–H groups in total. The molecule has 0 aliphatic heterocycles. The fraction of sp³-hybridized carbons (Fsp3) is 0.133. The zero-order valence-electron chi connectivity index (χ0n) is 11.4. The SMILES string of the molecule is O=C(CNc1ccccc1Cl)Nc1ccc(SC(F)F)cc1. The van der Waals surface area contributed by atoms with Crippen LogP contribution in [0.5, 0.6) is 0 Å². The van der Waals surface area contributed by atoms with Crippen LogP contribution >= 0.6 is 23.4 Å². The summed E-state index contributed by atoms with van der Waals surface area (Å²) in [6.07, 6.45) is 0. The Bertz CT molecular complexity index is 638. The fourth-order valence-corrected chi connectivity index (χ4v) is 2.41. The van der Waals surface area contributed by atoms with E-state index >= 15 is 0 Å². The van der Waals surface area contributed by atoms with E-state index in [-0.39, 0.29) is 12.5 Å². The molecule has 1 amide bonds. The summed E-state index contributed by atoms with van der Waals surface area (Å²) in [5.41, 5.74) is 1.22. The number of nitrogens with one attached hydrogen (secondary N) is 2. The third kappa shape index (κ3) is 5.20. The monoisotopic (exact) mass is 342 g/mol. The van der Waals surface area contributed by atoms with Gasteiger partial charge in [-0.3, -0.25) is 4.79 Å². The highest BCUT2D eigenvalue weighted by atomic mass is 35.5. The van der Waals surface area contributed by atoms with Gasteiger partial charge in [-0.25, -0.2) is 0 Å². The van der Waals surface area contributed by atoms with Crippen LogP contribution in [0.4, 0.5) is 20.2 Å². The number of hydrogen-bond donors (Lipinski definition) is 2. The van der Waals surface area contributed by atoms with E-state index in [2.05, 4.69) is 10.6 Å². The van der Waals surface area contributed by atoms with Gasteiger partial charge in [0.15, 0.2) is 0 Å². The number of halogens is 3. The van der Waals surface area contributed by atoms with E-state index in [1.807, 2.05) is 6.07 Å². The molecular weight excluding hydrogens is 330 g/mol. The van der Waals surface area contributed by atoms with Crippen molar-refractivity contribution in [2.24, 2.45) is 0 Å². The molecule has 2 rings (SSSR count). The van der Waals surface area contributed by atoms with Crippen LogP contribution in [0.2, 0.25) is 5.02 Å². The van der Waals surface area contributed by atoms with Crippen molar-refractivity contribution in [2.45, 2.75) is 10.7 Å². The highest BCUT2D eigenvalue weighted by Gasteiger charge is 2.07. The zero-order valence-corrected chi connectivity index (χ0v) is 12.9. The Kier molecular flexibility index (Phi) is 6.03. The highest BCUT2D eigenvalue weighted by molar-refractivity contribution is 7.99. The molecule has 116 valence electrons. The lowest BCUT2D eigenvalue weighted by molar-refractivity contribution is -0.114. The topological polar surface area (TPSA) is 41.1 Å². The smallest absolute Gasteiger partial charge is 0.288 e. The van der Waals surface area contributed by atoms with Gasteiger partial charge >= 0.3 is 0 Å². The van der Waals surface area contributed by atoms with Gasteiger partial charge < -0.3 is 10.6 Å². The maximum atomic E-state index is 12.2. The minimum atomic E-state index is -2.46. The van der Waals surface area contributed by atoms with Crippen molar-refractivity contribution in [3.05, 3.63) is 53.6 Å². The van der Waals surface area contributed by atoms with Crippen LogP contribution in [-0.4, -0.2) is 18.2 Å². The number of anilines is 2. The normalized spacial score (nSPS) is 10.5. The lowest BCUT2D eigenvalue weighted by Crippen LogP contribution is -2.21. The predicted molar refractivity (Wildman–Crippen MR) is 86.9 cm³/mol. The summed E-state index contributed by atoms with van der Waals surface area (Å²) in [6.45, 7) is 0.0528. The number of thioether (sulfide) groups is 1. The van der Waals surface area contributed by atoms with Crippen molar-refractivity contribution in [1.82, 2.24) is 0 Å². The molecule has 3 nitrogen and oxygen atoms in total. The van der Waals surface area contributed by atoms with Crippen molar-refractivity contribution in [3.8, 4) is 0 Å². The molecule has 0 bridgehead atoms.